The van der Waals surface area contributed by atoms with Gasteiger partial charge in [0.15, 0.2) is 0 Å². The number of nitrogens with zero attached hydrogens (tertiary/aromatic N) is 3. The van der Waals surface area contributed by atoms with Crippen LogP contribution in [0, 0.1) is 5.82 Å². The Labute approximate surface area is 120 Å². The summed E-state index contributed by atoms with van der Waals surface area (Å²) in [5.74, 6) is -1.18. The summed E-state index contributed by atoms with van der Waals surface area (Å²) in [6.45, 7) is 2.17. The van der Waals surface area contributed by atoms with Gasteiger partial charge in [-0.3, -0.25) is 0 Å². The van der Waals surface area contributed by atoms with E-state index >= 15 is 0 Å². The van der Waals surface area contributed by atoms with Crippen molar-refractivity contribution in [3.05, 3.63) is 45.0 Å². The number of halogens is 2. The average molecular weight is 301 g/mol. The van der Waals surface area contributed by atoms with Crippen LogP contribution >= 0.6 is 11.6 Å². The quantitative estimate of drug-likeness (QED) is 0.276. The second kappa shape index (κ2) is 8.37. The largest absolute Gasteiger partial charge is 0.465 e. The highest BCUT2D eigenvalue weighted by Gasteiger charge is 2.24. The van der Waals surface area contributed by atoms with Crippen LogP contribution in [-0.2, 0) is 9.53 Å². The third-order valence-electron chi connectivity index (χ3n) is 2.41. The second-order valence-corrected chi connectivity index (χ2v) is 4.20. The molecule has 1 rings (SSSR count). The predicted octanol–water partition coefficient (Wildman–Crippen LogP) is 2.98. The molecule has 1 atom stereocenters. The molecule has 0 saturated heterocycles. The third kappa shape index (κ3) is 4.70. The van der Waals surface area contributed by atoms with Crippen molar-refractivity contribution < 1.29 is 13.9 Å². The molecular formula is C12H14ClFN4O2. The lowest BCUT2D eigenvalue weighted by atomic mass is 10.1. The van der Waals surface area contributed by atoms with E-state index in [1.807, 2.05) is 0 Å². The molecule has 8 heteroatoms. The van der Waals surface area contributed by atoms with Crippen molar-refractivity contribution >= 4 is 17.6 Å². The molecule has 0 aromatic heterocycles. The van der Waals surface area contributed by atoms with Gasteiger partial charge in [-0.05, 0) is 30.7 Å². The molecule has 0 aliphatic rings. The number of ether oxygens (including phenoxy) is 1. The minimum absolute atomic E-state index is 0.0943. The summed E-state index contributed by atoms with van der Waals surface area (Å²) in [5, 5.41) is 6.43. The van der Waals surface area contributed by atoms with Crippen molar-refractivity contribution in [2.24, 2.45) is 5.11 Å². The lowest BCUT2D eigenvalue weighted by molar-refractivity contribution is -0.145. The van der Waals surface area contributed by atoms with Gasteiger partial charge in [0.05, 0.1) is 6.61 Å². The first-order chi connectivity index (χ1) is 9.60. The minimum atomic E-state index is -0.998. The van der Waals surface area contributed by atoms with Crippen LogP contribution in [0.15, 0.2) is 23.3 Å². The number of azide groups is 1. The van der Waals surface area contributed by atoms with Gasteiger partial charge in [-0.25, -0.2) is 9.18 Å². The number of nitrogens with one attached hydrogen (secondary N) is 1. The summed E-state index contributed by atoms with van der Waals surface area (Å²) in [6, 6.07) is 2.93. The van der Waals surface area contributed by atoms with Crippen molar-refractivity contribution in [2.75, 3.05) is 19.7 Å². The van der Waals surface area contributed by atoms with Gasteiger partial charge in [0.2, 0.25) is 0 Å². The normalized spacial score (nSPS) is 11.6. The van der Waals surface area contributed by atoms with Crippen LogP contribution in [0.4, 0.5) is 4.39 Å². The molecule has 0 saturated carbocycles. The zero-order chi connectivity index (χ0) is 15.0. The molecule has 20 heavy (non-hydrogen) atoms. The van der Waals surface area contributed by atoms with Gasteiger partial charge < -0.3 is 10.1 Å². The van der Waals surface area contributed by atoms with E-state index in [9.17, 15) is 9.18 Å². The number of benzene rings is 1. The Balaban J connectivity index is 2.93. The predicted molar refractivity (Wildman–Crippen MR) is 72.8 cm³/mol. The van der Waals surface area contributed by atoms with Crippen LogP contribution in [0.2, 0.25) is 5.02 Å². The van der Waals surface area contributed by atoms with Gasteiger partial charge in [0, 0.05) is 28.6 Å². The summed E-state index contributed by atoms with van der Waals surface area (Å²) in [5.41, 5.74) is 8.28. The Kier molecular flexibility index (Phi) is 6.79. The van der Waals surface area contributed by atoms with E-state index < -0.39 is 17.8 Å². The SMILES string of the molecule is CCOC(=O)C(NCCN=[N+]=[N-])c1cc(Cl)ccc1F. The summed E-state index contributed by atoms with van der Waals surface area (Å²) in [7, 11) is 0. The molecular weight excluding hydrogens is 287 g/mol. The fraction of sp³-hybridized carbons (Fsp3) is 0.417. The fourth-order valence-corrected chi connectivity index (χ4v) is 1.77. The Bertz CT molecular complexity index is 520. The van der Waals surface area contributed by atoms with Crippen LogP contribution in [0.3, 0.4) is 0 Å². The van der Waals surface area contributed by atoms with Crippen LogP contribution in [0.5, 0.6) is 0 Å². The van der Waals surface area contributed by atoms with Crippen LogP contribution in [0.1, 0.15) is 18.5 Å². The summed E-state index contributed by atoms with van der Waals surface area (Å²) in [6.07, 6.45) is 0. The van der Waals surface area contributed by atoms with Gasteiger partial charge in [0.25, 0.3) is 0 Å². The number of carbonyl (C=O) groups is 1. The summed E-state index contributed by atoms with van der Waals surface area (Å²) in [4.78, 5) is 14.5. The zero-order valence-electron chi connectivity index (χ0n) is 10.8. The first-order valence-electron chi connectivity index (χ1n) is 5.96. The molecule has 108 valence electrons. The molecule has 6 nitrogen and oxygen atoms in total. The van der Waals surface area contributed by atoms with E-state index in [0.717, 1.165) is 0 Å². The third-order valence-corrected chi connectivity index (χ3v) is 2.65. The van der Waals surface area contributed by atoms with Crippen molar-refractivity contribution in [3.8, 4) is 0 Å². The van der Waals surface area contributed by atoms with Crippen molar-refractivity contribution in [3.63, 3.8) is 0 Å². The lowest BCUT2D eigenvalue weighted by Gasteiger charge is -2.18. The van der Waals surface area contributed by atoms with E-state index in [2.05, 4.69) is 15.3 Å². The summed E-state index contributed by atoms with van der Waals surface area (Å²) < 4.78 is 18.7. The minimum Gasteiger partial charge on any atom is -0.465 e. The van der Waals surface area contributed by atoms with Crippen molar-refractivity contribution in [1.82, 2.24) is 5.32 Å². The molecule has 0 amide bonds. The molecule has 0 fully saturated rings. The van der Waals surface area contributed by atoms with E-state index in [4.69, 9.17) is 21.9 Å². The van der Waals surface area contributed by atoms with E-state index in [0.29, 0.717) is 5.02 Å². The average Bonchev–Trinajstić information content (AvgIpc) is 2.42. The maximum absolute atomic E-state index is 13.8. The number of esters is 1. The first kappa shape index (κ1) is 16.2. The number of rotatable bonds is 7. The first-order valence-corrected chi connectivity index (χ1v) is 6.33. The molecule has 0 bridgehead atoms. The highest BCUT2D eigenvalue weighted by molar-refractivity contribution is 6.30. The topological polar surface area (TPSA) is 87.1 Å². The highest BCUT2D eigenvalue weighted by Crippen LogP contribution is 2.22. The van der Waals surface area contributed by atoms with E-state index in [1.54, 1.807) is 6.92 Å². The maximum atomic E-state index is 13.8. The van der Waals surface area contributed by atoms with Gasteiger partial charge in [-0.2, -0.15) is 0 Å². The molecule has 1 aromatic carbocycles. The van der Waals surface area contributed by atoms with E-state index in [-0.39, 0.29) is 25.3 Å². The molecule has 0 spiro atoms. The zero-order valence-corrected chi connectivity index (χ0v) is 11.6. The molecule has 0 aliphatic carbocycles. The Morgan fingerprint density at radius 1 is 1.65 bits per heavy atom. The van der Waals surface area contributed by atoms with Crippen molar-refractivity contribution in [2.45, 2.75) is 13.0 Å². The highest BCUT2D eigenvalue weighted by atomic mass is 35.5. The monoisotopic (exact) mass is 300 g/mol. The Hall–Kier alpha value is -1.82. The van der Waals surface area contributed by atoms with Gasteiger partial charge in [-0.15, -0.1) is 0 Å². The van der Waals surface area contributed by atoms with Crippen LogP contribution in [0.25, 0.3) is 10.4 Å². The second-order valence-electron chi connectivity index (χ2n) is 3.76. The number of hydrogen-bond donors (Lipinski definition) is 1. The standard InChI is InChI=1S/C12H14ClFN4O2/c1-2-20-12(19)11(16-5-6-17-18-15)9-7-8(13)3-4-10(9)14/h3-4,7,11,16H,2,5-6H2,1H3. The lowest BCUT2D eigenvalue weighted by Crippen LogP contribution is -2.32. The maximum Gasteiger partial charge on any atom is 0.327 e. The van der Waals surface area contributed by atoms with Crippen molar-refractivity contribution in [1.29, 1.82) is 0 Å². The number of hydrogen-bond acceptors (Lipinski definition) is 4. The molecule has 0 aliphatic heterocycles. The smallest absolute Gasteiger partial charge is 0.327 e. The van der Waals surface area contributed by atoms with Crippen LogP contribution in [-0.4, -0.2) is 25.7 Å². The molecule has 1 aromatic rings. The molecule has 1 N–H and O–H groups in total. The number of carbonyl (C=O) groups excluding carboxylic acids is 1. The fourth-order valence-electron chi connectivity index (χ4n) is 1.59. The summed E-state index contributed by atoms with van der Waals surface area (Å²) >= 11 is 5.81. The molecule has 1 unspecified atom stereocenters. The van der Waals surface area contributed by atoms with E-state index in [1.165, 1.54) is 18.2 Å². The Morgan fingerprint density at radius 2 is 2.40 bits per heavy atom. The van der Waals surface area contributed by atoms with Gasteiger partial charge >= 0.3 is 5.97 Å². The molecule has 0 radical (unpaired) electrons. The van der Waals surface area contributed by atoms with Gasteiger partial charge in [0.1, 0.15) is 11.9 Å². The van der Waals surface area contributed by atoms with Crippen LogP contribution < -0.4 is 5.32 Å². The Morgan fingerprint density at radius 3 is 3.05 bits per heavy atom. The molecule has 0 heterocycles. The van der Waals surface area contributed by atoms with Gasteiger partial charge in [-0.1, -0.05) is 16.7 Å².